The number of pyridine rings is 2. The molecule has 4 heteroatoms. The molecule has 0 amide bonds. The predicted octanol–water partition coefficient (Wildman–Crippen LogP) is 2.99. The number of rotatable bonds is 8. The van der Waals surface area contributed by atoms with Gasteiger partial charge in [-0.3, -0.25) is 4.98 Å². The topological polar surface area (TPSA) is 47.0 Å². The molecule has 112 valence electrons. The highest BCUT2D eigenvalue weighted by atomic mass is 16.5. The average molecular weight is 285 g/mol. The highest BCUT2D eigenvalue weighted by Crippen LogP contribution is 2.09. The molecule has 0 atom stereocenters. The summed E-state index contributed by atoms with van der Waals surface area (Å²) in [6.45, 7) is 5.79. The molecule has 2 rings (SSSR count). The van der Waals surface area contributed by atoms with E-state index in [4.69, 9.17) is 4.74 Å². The van der Waals surface area contributed by atoms with Crippen molar-refractivity contribution in [2.45, 2.75) is 39.3 Å². The Bertz CT molecular complexity index is 511. The lowest BCUT2D eigenvalue weighted by Gasteiger charge is -2.09. The normalized spacial score (nSPS) is 10.8. The highest BCUT2D eigenvalue weighted by Gasteiger charge is 1.99. The summed E-state index contributed by atoms with van der Waals surface area (Å²) in [6.07, 6.45) is 7.48. The maximum absolute atomic E-state index is 5.66. The predicted molar refractivity (Wildman–Crippen MR) is 84.3 cm³/mol. The van der Waals surface area contributed by atoms with Gasteiger partial charge < -0.3 is 10.1 Å². The van der Waals surface area contributed by atoms with E-state index in [9.17, 15) is 0 Å². The molecule has 0 spiro atoms. The van der Waals surface area contributed by atoms with Crippen LogP contribution in [-0.2, 0) is 13.0 Å². The van der Waals surface area contributed by atoms with Gasteiger partial charge in [0.15, 0.2) is 0 Å². The lowest BCUT2D eigenvalue weighted by molar-refractivity contribution is 0.299. The Hall–Kier alpha value is -1.94. The molecule has 0 saturated heterocycles. The zero-order chi connectivity index (χ0) is 14.9. The second-order valence-corrected chi connectivity index (χ2v) is 5.35. The van der Waals surface area contributed by atoms with Crippen LogP contribution in [0, 0.1) is 0 Å². The Morgan fingerprint density at radius 3 is 2.57 bits per heavy atom. The van der Waals surface area contributed by atoms with Crippen LogP contribution in [-0.4, -0.2) is 22.6 Å². The molecule has 21 heavy (non-hydrogen) atoms. The van der Waals surface area contributed by atoms with Crippen molar-refractivity contribution < 1.29 is 4.74 Å². The minimum atomic E-state index is 0.481. The third-order valence-corrected chi connectivity index (χ3v) is 3.12. The summed E-state index contributed by atoms with van der Waals surface area (Å²) >= 11 is 0. The van der Waals surface area contributed by atoms with Crippen LogP contribution in [0.5, 0.6) is 5.88 Å². The van der Waals surface area contributed by atoms with E-state index < -0.39 is 0 Å². The van der Waals surface area contributed by atoms with Gasteiger partial charge in [-0.1, -0.05) is 19.9 Å². The smallest absolute Gasteiger partial charge is 0.213 e. The van der Waals surface area contributed by atoms with Gasteiger partial charge >= 0.3 is 0 Å². The molecule has 0 saturated carbocycles. The SMILES string of the molecule is CC(C)NCc1ccc(OCCCc2ccncc2)nc1. The summed E-state index contributed by atoms with van der Waals surface area (Å²) in [5, 5.41) is 3.37. The van der Waals surface area contributed by atoms with E-state index in [-0.39, 0.29) is 0 Å². The Kier molecular flexibility index (Phi) is 6.16. The first-order valence-electron chi connectivity index (χ1n) is 7.44. The van der Waals surface area contributed by atoms with Crippen LogP contribution in [0.4, 0.5) is 0 Å². The Labute approximate surface area is 126 Å². The molecule has 0 radical (unpaired) electrons. The molecular weight excluding hydrogens is 262 g/mol. The van der Waals surface area contributed by atoms with E-state index in [1.165, 1.54) is 11.1 Å². The van der Waals surface area contributed by atoms with E-state index in [0.29, 0.717) is 18.5 Å². The standard InChI is InChI=1S/C17H23N3O/c1-14(2)19-12-16-5-6-17(20-13-16)21-11-3-4-15-7-9-18-10-8-15/h5-10,13-14,19H,3-4,11-12H2,1-2H3. The molecule has 0 aliphatic rings. The molecule has 0 aliphatic carbocycles. The fourth-order valence-electron chi connectivity index (χ4n) is 1.93. The van der Waals surface area contributed by atoms with Crippen molar-refractivity contribution in [2.75, 3.05) is 6.61 Å². The van der Waals surface area contributed by atoms with Gasteiger partial charge in [0, 0.05) is 37.2 Å². The largest absolute Gasteiger partial charge is 0.478 e. The first-order chi connectivity index (χ1) is 10.2. The Morgan fingerprint density at radius 1 is 1.10 bits per heavy atom. The first-order valence-corrected chi connectivity index (χ1v) is 7.44. The molecule has 0 bridgehead atoms. The van der Waals surface area contributed by atoms with Crippen LogP contribution in [0.3, 0.4) is 0 Å². The highest BCUT2D eigenvalue weighted by molar-refractivity contribution is 5.17. The first kappa shape index (κ1) is 15.4. The third-order valence-electron chi connectivity index (χ3n) is 3.12. The van der Waals surface area contributed by atoms with E-state index in [0.717, 1.165) is 19.4 Å². The molecular formula is C17H23N3O. The summed E-state index contributed by atoms with van der Waals surface area (Å²) in [4.78, 5) is 8.34. The number of hydrogen-bond acceptors (Lipinski definition) is 4. The van der Waals surface area contributed by atoms with Crippen LogP contribution < -0.4 is 10.1 Å². The molecule has 0 unspecified atom stereocenters. The zero-order valence-electron chi connectivity index (χ0n) is 12.7. The lowest BCUT2D eigenvalue weighted by atomic mass is 10.1. The molecule has 0 fully saturated rings. The number of aromatic nitrogens is 2. The van der Waals surface area contributed by atoms with Crippen molar-refractivity contribution in [1.82, 2.24) is 15.3 Å². The lowest BCUT2D eigenvalue weighted by Crippen LogP contribution is -2.21. The molecule has 2 heterocycles. The number of ether oxygens (including phenoxy) is 1. The van der Waals surface area contributed by atoms with Gasteiger partial charge in [-0.05, 0) is 36.1 Å². The van der Waals surface area contributed by atoms with Gasteiger partial charge in [-0.15, -0.1) is 0 Å². The maximum atomic E-state index is 5.66. The van der Waals surface area contributed by atoms with Crippen molar-refractivity contribution in [3.8, 4) is 5.88 Å². The number of hydrogen-bond donors (Lipinski definition) is 1. The van der Waals surface area contributed by atoms with Gasteiger partial charge in [0.25, 0.3) is 0 Å². The monoisotopic (exact) mass is 285 g/mol. The van der Waals surface area contributed by atoms with Crippen LogP contribution in [0.15, 0.2) is 42.9 Å². The summed E-state index contributed by atoms with van der Waals surface area (Å²) in [5.74, 6) is 0.693. The van der Waals surface area contributed by atoms with Crippen molar-refractivity contribution in [3.05, 3.63) is 54.0 Å². The van der Waals surface area contributed by atoms with Crippen molar-refractivity contribution >= 4 is 0 Å². The van der Waals surface area contributed by atoms with Crippen LogP contribution in [0.1, 0.15) is 31.4 Å². The molecule has 2 aromatic rings. The molecule has 4 nitrogen and oxygen atoms in total. The Morgan fingerprint density at radius 2 is 1.90 bits per heavy atom. The van der Waals surface area contributed by atoms with Gasteiger partial charge in [-0.25, -0.2) is 4.98 Å². The van der Waals surface area contributed by atoms with Gasteiger partial charge in [0.2, 0.25) is 5.88 Å². The average Bonchev–Trinajstić information content (AvgIpc) is 2.52. The summed E-state index contributed by atoms with van der Waals surface area (Å²) in [5.41, 5.74) is 2.46. The molecule has 0 aromatic carbocycles. The maximum Gasteiger partial charge on any atom is 0.213 e. The fraction of sp³-hybridized carbons (Fsp3) is 0.412. The fourth-order valence-corrected chi connectivity index (χ4v) is 1.93. The third kappa shape index (κ3) is 5.92. The minimum absolute atomic E-state index is 0.481. The molecule has 2 aromatic heterocycles. The molecule has 1 N–H and O–H groups in total. The summed E-state index contributed by atoms with van der Waals surface area (Å²) in [7, 11) is 0. The quantitative estimate of drug-likeness (QED) is 0.757. The van der Waals surface area contributed by atoms with Crippen LogP contribution >= 0.6 is 0 Å². The van der Waals surface area contributed by atoms with Gasteiger partial charge in [0.05, 0.1) is 6.61 Å². The van der Waals surface area contributed by atoms with Crippen molar-refractivity contribution in [3.63, 3.8) is 0 Å². The second-order valence-electron chi connectivity index (χ2n) is 5.35. The van der Waals surface area contributed by atoms with E-state index >= 15 is 0 Å². The second kappa shape index (κ2) is 8.37. The zero-order valence-corrected chi connectivity index (χ0v) is 12.7. The summed E-state index contributed by atoms with van der Waals surface area (Å²) < 4.78 is 5.66. The van der Waals surface area contributed by atoms with E-state index in [1.54, 1.807) is 0 Å². The van der Waals surface area contributed by atoms with Crippen molar-refractivity contribution in [1.29, 1.82) is 0 Å². The van der Waals surface area contributed by atoms with Crippen LogP contribution in [0.25, 0.3) is 0 Å². The number of aryl methyl sites for hydroxylation is 1. The van der Waals surface area contributed by atoms with Crippen LogP contribution in [0.2, 0.25) is 0 Å². The van der Waals surface area contributed by atoms with Gasteiger partial charge in [0.1, 0.15) is 0 Å². The van der Waals surface area contributed by atoms with Crippen molar-refractivity contribution in [2.24, 2.45) is 0 Å². The van der Waals surface area contributed by atoms with E-state index in [2.05, 4.69) is 35.2 Å². The number of nitrogens with one attached hydrogen (secondary N) is 1. The number of nitrogens with zero attached hydrogens (tertiary/aromatic N) is 2. The molecule has 0 aliphatic heterocycles. The Balaban J connectivity index is 1.69. The van der Waals surface area contributed by atoms with Gasteiger partial charge in [-0.2, -0.15) is 0 Å². The van der Waals surface area contributed by atoms with E-state index in [1.807, 2.05) is 36.8 Å². The minimum Gasteiger partial charge on any atom is -0.478 e. The summed E-state index contributed by atoms with van der Waals surface area (Å²) in [6, 6.07) is 8.54.